The van der Waals surface area contributed by atoms with Crippen molar-refractivity contribution in [3.8, 4) is 0 Å². The van der Waals surface area contributed by atoms with Gasteiger partial charge in [-0.05, 0) is 23.1 Å². The van der Waals surface area contributed by atoms with E-state index in [4.69, 9.17) is 4.98 Å². The molecule has 2 aromatic heterocycles. The predicted octanol–water partition coefficient (Wildman–Crippen LogP) is 4.30. The van der Waals surface area contributed by atoms with Crippen molar-refractivity contribution in [2.24, 2.45) is 5.41 Å². The molecular weight excluding hydrogens is 298 g/mol. The molecule has 3 rings (SSSR count). The minimum atomic E-state index is -0.0514. The van der Waals surface area contributed by atoms with Crippen LogP contribution in [0.2, 0.25) is 0 Å². The van der Waals surface area contributed by atoms with Crippen LogP contribution in [0.1, 0.15) is 38.4 Å². The van der Waals surface area contributed by atoms with Crippen molar-refractivity contribution in [1.82, 2.24) is 9.38 Å². The molecule has 0 saturated carbocycles. The van der Waals surface area contributed by atoms with Crippen molar-refractivity contribution in [2.75, 3.05) is 5.32 Å². The van der Waals surface area contributed by atoms with Crippen molar-refractivity contribution < 1.29 is 4.79 Å². The largest absolute Gasteiger partial charge is 0.310 e. The zero-order valence-corrected chi connectivity index (χ0v) is 14.4. The van der Waals surface area contributed by atoms with E-state index < -0.39 is 0 Å². The molecule has 0 unspecified atom stereocenters. The Balaban J connectivity index is 1.95. The summed E-state index contributed by atoms with van der Waals surface area (Å²) in [7, 11) is 0. The van der Waals surface area contributed by atoms with Gasteiger partial charge in [-0.3, -0.25) is 9.20 Å². The van der Waals surface area contributed by atoms with Gasteiger partial charge in [0.1, 0.15) is 11.5 Å². The molecule has 0 bridgehead atoms. The highest BCUT2D eigenvalue weighted by Crippen LogP contribution is 2.24. The van der Waals surface area contributed by atoms with Crippen molar-refractivity contribution in [3.63, 3.8) is 0 Å². The zero-order chi connectivity index (χ0) is 17.2. The van der Waals surface area contributed by atoms with Crippen LogP contribution in [0.5, 0.6) is 0 Å². The number of carbonyl (C=O) groups excluding carboxylic acids is 1. The second-order valence-corrected chi connectivity index (χ2v) is 7.28. The molecule has 0 radical (unpaired) electrons. The van der Waals surface area contributed by atoms with Crippen molar-refractivity contribution in [1.29, 1.82) is 0 Å². The van der Waals surface area contributed by atoms with Gasteiger partial charge in [0.25, 0.3) is 0 Å². The molecule has 0 spiro atoms. The van der Waals surface area contributed by atoms with E-state index in [-0.39, 0.29) is 11.3 Å². The molecule has 4 nitrogen and oxygen atoms in total. The van der Waals surface area contributed by atoms with Gasteiger partial charge in [0.15, 0.2) is 0 Å². The van der Waals surface area contributed by atoms with Gasteiger partial charge in [-0.25, -0.2) is 4.98 Å². The Hall–Kier alpha value is -2.62. The quantitative estimate of drug-likeness (QED) is 0.779. The molecule has 2 heterocycles. The normalized spacial score (nSPS) is 11.6. The first-order chi connectivity index (χ1) is 11.4. The summed E-state index contributed by atoms with van der Waals surface area (Å²) >= 11 is 0. The number of hydrogen-bond donors (Lipinski definition) is 1. The zero-order valence-electron chi connectivity index (χ0n) is 14.4. The molecule has 0 aliphatic heterocycles. The third-order valence-corrected chi connectivity index (χ3v) is 3.77. The number of benzene rings is 1. The minimum absolute atomic E-state index is 0.0162. The van der Waals surface area contributed by atoms with E-state index in [0.717, 1.165) is 17.2 Å². The Kier molecular flexibility index (Phi) is 4.38. The molecule has 0 aliphatic carbocycles. The van der Waals surface area contributed by atoms with E-state index in [1.807, 2.05) is 47.0 Å². The topological polar surface area (TPSA) is 46.4 Å². The summed E-state index contributed by atoms with van der Waals surface area (Å²) in [5.74, 6) is 0.783. The summed E-state index contributed by atoms with van der Waals surface area (Å²) < 4.78 is 1.94. The summed E-state index contributed by atoms with van der Waals surface area (Å²) in [6.07, 6.45) is 3.09. The molecule has 3 aromatic rings. The van der Waals surface area contributed by atoms with Crippen LogP contribution in [0.4, 0.5) is 5.82 Å². The predicted molar refractivity (Wildman–Crippen MR) is 97.1 cm³/mol. The first kappa shape index (κ1) is 16.2. The van der Waals surface area contributed by atoms with E-state index in [1.54, 1.807) is 0 Å². The molecule has 1 amide bonds. The highest BCUT2D eigenvalue weighted by molar-refractivity contribution is 5.91. The van der Waals surface area contributed by atoms with Gasteiger partial charge in [0.2, 0.25) is 5.91 Å². The summed E-state index contributed by atoms with van der Waals surface area (Å²) in [6.45, 7) is 6.18. The number of amides is 1. The third-order valence-electron chi connectivity index (χ3n) is 3.77. The summed E-state index contributed by atoms with van der Waals surface area (Å²) in [5.41, 5.74) is 2.85. The number of carbonyl (C=O) groups is 1. The molecule has 0 atom stereocenters. The Morgan fingerprint density at radius 3 is 2.50 bits per heavy atom. The molecule has 1 aromatic carbocycles. The van der Waals surface area contributed by atoms with Gasteiger partial charge in [-0.15, -0.1) is 0 Å². The summed E-state index contributed by atoms with van der Waals surface area (Å²) in [6, 6.07) is 16.0. The molecule has 0 saturated heterocycles. The summed E-state index contributed by atoms with van der Waals surface area (Å²) in [5, 5.41) is 3.07. The molecular formula is C20H23N3O. The molecule has 4 heteroatoms. The van der Waals surface area contributed by atoms with Gasteiger partial charge in [0, 0.05) is 19.0 Å². The third kappa shape index (κ3) is 3.82. The fraction of sp³-hybridized carbons (Fsp3) is 0.300. The second-order valence-electron chi connectivity index (χ2n) is 7.28. The summed E-state index contributed by atoms with van der Waals surface area (Å²) in [4.78, 5) is 17.1. The number of imidazole rings is 1. The fourth-order valence-electron chi connectivity index (χ4n) is 2.75. The van der Waals surface area contributed by atoms with Gasteiger partial charge in [-0.2, -0.15) is 0 Å². The highest BCUT2D eigenvalue weighted by atomic mass is 16.1. The Morgan fingerprint density at radius 2 is 1.79 bits per heavy atom. The maximum absolute atomic E-state index is 12.4. The van der Waals surface area contributed by atoms with Crippen LogP contribution >= 0.6 is 0 Å². The molecule has 1 N–H and O–H groups in total. The van der Waals surface area contributed by atoms with Crippen LogP contribution in [0.3, 0.4) is 0 Å². The monoisotopic (exact) mass is 321 g/mol. The number of nitrogens with one attached hydrogen (secondary N) is 1. The standard InChI is InChI=1S/C20H23N3O/c1-20(2,3)14-18(24)22-19-16(13-15-9-5-4-6-10-15)21-17-11-7-8-12-23(17)19/h4-12H,13-14H2,1-3H3,(H,22,24). The smallest absolute Gasteiger partial charge is 0.226 e. The number of fused-ring (bicyclic) bond motifs is 1. The van der Waals surface area contributed by atoms with E-state index in [2.05, 4.69) is 38.2 Å². The molecule has 0 fully saturated rings. The average molecular weight is 321 g/mol. The van der Waals surface area contributed by atoms with Crippen LogP contribution in [0, 0.1) is 5.41 Å². The van der Waals surface area contributed by atoms with Gasteiger partial charge in [0.05, 0.1) is 5.69 Å². The highest BCUT2D eigenvalue weighted by Gasteiger charge is 2.19. The number of nitrogens with zero attached hydrogens (tertiary/aromatic N) is 2. The van der Waals surface area contributed by atoms with E-state index in [9.17, 15) is 4.79 Å². The Morgan fingerprint density at radius 1 is 1.08 bits per heavy atom. The number of anilines is 1. The van der Waals surface area contributed by atoms with Gasteiger partial charge < -0.3 is 5.32 Å². The van der Waals surface area contributed by atoms with Gasteiger partial charge in [-0.1, -0.05) is 57.2 Å². The van der Waals surface area contributed by atoms with Crippen LogP contribution in [-0.2, 0) is 11.2 Å². The lowest BCUT2D eigenvalue weighted by molar-refractivity contribution is -0.117. The van der Waals surface area contributed by atoms with Crippen LogP contribution in [0.15, 0.2) is 54.7 Å². The lowest BCUT2D eigenvalue weighted by Crippen LogP contribution is -2.21. The van der Waals surface area contributed by atoms with Crippen LogP contribution in [-0.4, -0.2) is 15.3 Å². The molecule has 0 aliphatic rings. The molecule has 24 heavy (non-hydrogen) atoms. The minimum Gasteiger partial charge on any atom is -0.310 e. The van der Waals surface area contributed by atoms with E-state index in [1.165, 1.54) is 5.56 Å². The maximum Gasteiger partial charge on any atom is 0.226 e. The van der Waals surface area contributed by atoms with Crippen molar-refractivity contribution in [3.05, 3.63) is 66.0 Å². The van der Waals surface area contributed by atoms with E-state index in [0.29, 0.717) is 12.8 Å². The van der Waals surface area contributed by atoms with Crippen LogP contribution < -0.4 is 5.32 Å². The second kappa shape index (κ2) is 6.48. The average Bonchev–Trinajstić information content (AvgIpc) is 2.84. The first-order valence-electron chi connectivity index (χ1n) is 8.22. The maximum atomic E-state index is 12.4. The molecule has 124 valence electrons. The Bertz CT molecular complexity index is 844. The van der Waals surface area contributed by atoms with E-state index >= 15 is 0 Å². The Labute approximate surface area is 142 Å². The number of pyridine rings is 1. The SMILES string of the molecule is CC(C)(C)CC(=O)Nc1c(Cc2ccccc2)nc2ccccn12. The van der Waals surface area contributed by atoms with Crippen LogP contribution in [0.25, 0.3) is 5.65 Å². The number of aromatic nitrogens is 2. The van der Waals surface area contributed by atoms with Gasteiger partial charge >= 0.3 is 0 Å². The number of rotatable bonds is 4. The lowest BCUT2D eigenvalue weighted by Gasteiger charge is -2.17. The number of hydrogen-bond acceptors (Lipinski definition) is 2. The lowest BCUT2D eigenvalue weighted by atomic mass is 9.92. The van der Waals surface area contributed by atoms with Crippen molar-refractivity contribution >= 4 is 17.4 Å². The van der Waals surface area contributed by atoms with Crippen molar-refractivity contribution in [2.45, 2.75) is 33.6 Å². The fourth-order valence-corrected chi connectivity index (χ4v) is 2.75. The first-order valence-corrected chi connectivity index (χ1v) is 8.22.